The average molecular weight is 253 g/mol. The molecule has 1 unspecified atom stereocenters. The van der Waals surface area contributed by atoms with E-state index in [1.165, 1.54) is 39.0 Å². The number of nitrogens with one attached hydrogen (secondary N) is 1. The number of piperazine rings is 1. The zero-order chi connectivity index (χ0) is 12.6. The summed E-state index contributed by atoms with van der Waals surface area (Å²) in [6.45, 7) is 7.98. The van der Waals surface area contributed by atoms with Crippen LogP contribution in [0.2, 0.25) is 0 Å². The fourth-order valence-electron chi connectivity index (χ4n) is 3.92. The van der Waals surface area contributed by atoms with E-state index in [9.17, 15) is 0 Å². The van der Waals surface area contributed by atoms with Gasteiger partial charge in [-0.05, 0) is 45.9 Å². The molecule has 3 aliphatic heterocycles. The summed E-state index contributed by atoms with van der Waals surface area (Å²) >= 11 is 0. The highest BCUT2D eigenvalue weighted by Crippen LogP contribution is 2.44. The lowest BCUT2D eigenvalue weighted by Gasteiger charge is -2.55. The molecule has 0 saturated carbocycles. The summed E-state index contributed by atoms with van der Waals surface area (Å²) < 4.78 is 5.63. The summed E-state index contributed by atoms with van der Waals surface area (Å²) in [6.07, 6.45) is 2.70. The van der Waals surface area contributed by atoms with Crippen molar-refractivity contribution >= 4 is 0 Å². The van der Waals surface area contributed by atoms with Crippen LogP contribution in [0.25, 0.3) is 0 Å². The van der Waals surface area contributed by atoms with Crippen LogP contribution in [-0.4, -0.2) is 75.9 Å². The second-order valence-corrected chi connectivity index (χ2v) is 6.57. The zero-order valence-corrected chi connectivity index (χ0v) is 11.8. The van der Waals surface area contributed by atoms with Crippen molar-refractivity contribution in [2.75, 3.05) is 60.0 Å². The maximum absolute atomic E-state index is 5.63. The van der Waals surface area contributed by atoms with Gasteiger partial charge in [0.15, 0.2) is 0 Å². The van der Waals surface area contributed by atoms with Crippen LogP contribution >= 0.6 is 0 Å². The van der Waals surface area contributed by atoms with Gasteiger partial charge in [0.2, 0.25) is 0 Å². The highest BCUT2D eigenvalue weighted by atomic mass is 16.5. The molecule has 4 heteroatoms. The van der Waals surface area contributed by atoms with Gasteiger partial charge in [-0.3, -0.25) is 0 Å². The quantitative estimate of drug-likeness (QED) is 0.763. The van der Waals surface area contributed by atoms with Gasteiger partial charge in [0.05, 0.1) is 13.2 Å². The van der Waals surface area contributed by atoms with E-state index < -0.39 is 0 Å². The fourth-order valence-corrected chi connectivity index (χ4v) is 3.92. The fraction of sp³-hybridized carbons (Fsp3) is 1.00. The van der Waals surface area contributed by atoms with Crippen molar-refractivity contribution in [3.8, 4) is 0 Å². The van der Waals surface area contributed by atoms with E-state index in [2.05, 4.69) is 29.2 Å². The van der Waals surface area contributed by atoms with Gasteiger partial charge in [-0.2, -0.15) is 0 Å². The van der Waals surface area contributed by atoms with E-state index >= 15 is 0 Å². The van der Waals surface area contributed by atoms with Crippen LogP contribution in [0.3, 0.4) is 0 Å². The van der Waals surface area contributed by atoms with Gasteiger partial charge >= 0.3 is 0 Å². The van der Waals surface area contributed by atoms with Gasteiger partial charge in [-0.25, -0.2) is 0 Å². The molecule has 3 rings (SSSR count). The predicted octanol–water partition coefficient (Wildman–Crippen LogP) is 0.248. The Balaban J connectivity index is 1.69. The van der Waals surface area contributed by atoms with E-state index in [1.54, 1.807) is 0 Å². The molecule has 3 heterocycles. The summed E-state index contributed by atoms with van der Waals surface area (Å²) in [7, 11) is 4.49. The third kappa shape index (κ3) is 2.20. The first-order chi connectivity index (χ1) is 8.71. The smallest absolute Gasteiger partial charge is 0.0563 e. The predicted molar refractivity (Wildman–Crippen MR) is 72.8 cm³/mol. The number of likely N-dealkylation sites (tertiary alicyclic amines) is 1. The number of nitrogens with zero attached hydrogens (tertiary/aromatic N) is 2. The van der Waals surface area contributed by atoms with Crippen molar-refractivity contribution in [2.24, 2.45) is 11.3 Å². The third-order valence-electron chi connectivity index (χ3n) is 5.35. The van der Waals surface area contributed by atoms with Gasteiger partial charge < -0.3 is 19.9 Å². The lowest BCUT2D eigenvalue weighted by Crippen LogP contribution is -2.67. The maximum Gasteiger partial charge on any atom is 0.0563 e. The molecule has 3 aliphatic rings. The van der Waals surface area contributed by atoms with Gasteiger partial charge in [-0.15, -0.1) is 0 Å². The molecule has 0 spiro atoms. The molecule has 18 heavy (non-hydrogen) atoms. The highest BCUT2D eigenvalue weighted by molar-refractivity contribution is 5.03. The Kier molecular flexibility index (Phi) is 3.63. The van der Waals surface area contributed by atoms with Crippen molar-refractivity contribution in [1.82, 2.24) is 15.1 Å². The molecule has 0 amide bonds. The van der Waals surface area contributed by atoms with Crippen LogP contribution < -0.4 is 5.32 Å². The molecule has 104 valence electrons. The molecule has 4 nitrogen and oxygen atoms in total. The van der Waals surface area contributed by atoms with Crippen molar-refractivity contribution in [3.63, 3.8) is 0 Å². The van der Waals surface area contributed by atoms with E-state index in [1.807, 2.05) is 0 Å². The standard InChI is InChI=1S/C14H27N3O/c1-16-6-3-12(4-7-16)14(10-18-11-14)13-9-17(2)8-5-15-13/h12-13,15H,3-11H2,1-2H3. The lowest BCUT2D eigenvalue weighted by molar-refractivity contribution is -0.178. The van der Waals surface area contributed by atoms with E-state index in [-0.39, 0.29) is 0 Å². The summed E-state index contributed by atoms with van der Waals surface area (Å²) in [5, 5.41) is 3.77. The number of piperidine rings is 1. The van der Waals surface area contributed by atoms with Gasteiger partial charge in [-0.1, -0.05) is 0 Å². The molecule has 1 N–H and O–H groups in total. The van der Waals surface area contributed by atoms with Crippen LogP contribution in [-0.2, 0) is 4.74 Å². The number of ether oxygens (including phenoxy) is 1. The maximum atomic E-state index is 5.63. The van der Waals surface area contributed by atoms with Crippen LogP contribution in [0.5, 0.6) is 0 Å². The topological polar surface area (TPSA) is 27.7 Å². The van der Waals surface area contributed by atoms with Crippen molar-refractivity contribution in [3.05, 3.63) is 0 Å². The monoisotopic (exact) mass is 253 g/mol. The second kappa shape index (κ2) is 5.08. The molecule has 0 aromatic heterocycles. The number of hydrogen-bond acceptors (Lipinski definition) is 4. The summed E-state index contributed by atoms with van der Waals surface area (Å²) in [6, 6.07) is 0.637. The Morgan fingerprint density at radius 1 is 1.06 bits per heavy atom. The van der Waals surface area contributed by atoms with Crippen LogP contribution in [0.15, 0.2) is 0 Å². The van der Waals surface area contributed by atoms with Crippen molar-refractivity contribution in [2.45, 2.75) is 18.9 Å². The Morgan fingerprint density at radius 2 is 1.78 bits per heavy atom. The molecular formula is C14H27N3O. The number of hydrogen-bond donors (Lipinski definition) is 1. The number of likely N-dealkylation sites (N-methyl/N-ethyl adjacent to an activating group) is 1. The molecule has 3 fully saturated rings. The molecule has 3 saturated heterocycles. The largest absolute Gasteiger partial charge is 0.380 e. The molecule has 0 aromatic rings. The first-order valence-corrected chi connectivity index (χ1v) is 7.39. The van der Waals surface area contributed by atoms with Crippen LogP contribution in [0, 0.1) is 11.3 Å². The molecule has 0 radical (unpaired) electrons. The normalized spacial score (nSPS) is 35.3. The van der Waals surface area contributed by atoms with Crippen LogP contribution in [0.4, 0.5) is 0 Å². The van der Waals surface area contributed by atoms with Gasteiger partial charge in [0, 0.05) is 31.1 Å². The van der Waals surface area contributed by atoms with E-state index in [0.717, 1.165) is 25.7 Å². The second-order valence-electron chi connectivity index (χ2n) is 6.57. The van der Waals surface area contributed by atoms with Gasteiger partial charge in [0.25, 0.3) is 0 Å². The molecule has 0 bridgehead atoms. The first-order valence-electron chi connectivity index (χ1n) is 7.39. The third-order valence-corrected chi connectivity index (χ3v) is 5.35. The zero-order valence-electron chi connectivity index (χ0n) is 11.8. The molecular weight excluding hydrogens is 226 g/mol. The van der Waals surface area contributed by atoms with E-state index in [4.69, 9.17) is 4.74 Å². The van der Waals surface area contributed by atoms with Crippen molar-refractivity contribution in [1.29, 1.82) is 0 Å². The van der Waals surface area contributed by atoms with Gasteiger partial charge in [0.1, 0.15) is 0 Å². The summed E-state index contributed by atoms with van der Waals surface area (Å²) in [5.41, 5.74) is 0.427. The van der Waals surface area contributed by atoms with Crippen LogP contribution in [0.1, 0.15) is 12.8 Å². The Bertz CT molecular complexity index is 285. The Labute approximate surface area is 111 Å². The molecule has 0 aromatic carbocycles. The SMILES string of the molecule is CN1CCC(C2(C3CN(C)CCN3)COC2)CC1. The highest BCUT2D eigenvalue weighted by Gasteiger charge is 2.52. The lowest BCUT2D eigenvalue weighted by atomic mass is 9.64. The first kappa shape index (κ1) is 12.9. The average Bonchev–Trinajstić information content (AvgIpc) is 2.30. The molecule has 0 aliphatic carbocycles. The molecule has 1 atom stereocenters. The van der Waals surface area contributed by atoms with Crippen molar-refractivity contribution < 1.29 is 4.74 Å². The summed E-state index contributed by atoms with van der Waals surface area (Å²) in [4.78, 5) is 4.93. The summed E-state index contributed by atoms with van der Waals surface area (Å²) in [5.74, 6) is 0.853. The minimum Gasteiger partial charge on any atom is -0.380 e. The Hall–Kier alpha value is -0.160. The minimum absolute atomic E-state index is 0.427. The minimum atomic E-state index is 0.427. The van der Waals surface area contributed by atoms with E-state index in [0.29, 0.717) is 11.5 Å². The number of rotatable bonds is 2. The Morgan fingerprint density at radius 3 is 2.33 bits per heavy atom.